The van der Waals surface area contributed by atoms with Crippen molar-refractivity contribution in [2.45, 2.75) is 12.8 Å². The summed E-state index contributed by atoms with van der Waals surface area (Å²) in [4.78, 5) is 23.6. The van der Waals surface area contributed by atoms with Crippen LogP contribution in [0, 0.1) is 23.3 Å². The van der Waals surface area contributed by atoms with Crippen LogP contribution < -0.4 is 0 Å². The molecular weight excluding hydrogens is 300 g/mol. The lowest BCUT2D eigenvalue weighted by Crippen LogP contribution is -2.06. The van der Waals surface area contributed by atoms with Crippen molar-refractivity contribution >= 4 is 11.6 Å². The molecule has 0 saturated heterocycles. The van der Waals surface area contributed by atoms with E-state index in [0.29, 0.717) is 12.1 Å². The maximum Gasteiger partial charge on any atom is 0.163 e. The largest absolute Gasteiger partial charge is 0.294 e. The highest BCUT2D eigenvalue weighted by molar-refractivity contribution is 6.02. The standard InChI is InChI=1S/C16H10F4O2/c17-11-3-9(4-12(18)7-11)15(21)1-2-16(22)10-5-13(19)8-14(20)6-10/h3-8H,1-2H2. The van der Waals surface area contributed by atoms with E-state index in [1.807, 2.05) is 0 Å². The van der Waals surface area contributed by atoms with E-state index in [-0.39, 0.29) is 24.0 Å². The first-order valence-corrected chi connectivity index (χ1v) is 6.34. The molecule has 2 aromatic carbocycles. The molecule has 0 amide bonds. The van der Waals surface area contributed by atoms with Crippen LogP contribution in [0.25, 0.3) is 0 Å². The van der Waals surface area contributed by atoms with E-state index < -0.39 is 34.8 Å². The van der Waals surface area contributed by atoms with Gasteiger partial charge in [-0.3, -0.25) is 9.59 Å². The highest BCUT2D eigenvalue weighted by Gasteiger charge is 2.14. The Kier molecular flexibility index (Phi) is 4.70. The SMILES string of the molecule is O=C(CCC(=O)c1cc(F)cc(F)c1)c1cc(F)cc(F)c1. The van der Waals surface area contributed by atoms with Gasteiger partial charge in [-0.05, 0) is 24.3 Å². The lowest BCUT2D eigenvalue weighted by atomic mass is 10.0. The van der Waals surface area contributed by atoms with Crippen LogP contribution in [-0.2, 0) is 0 Å². The summed E-state index contributed by atoms with van der Waals surface area (Å²) in [6.07, 6.45) is -0.639. The Balaban J connectivity index is 2.05. The van der Waals surface area contributed by atoms with Gasteiger partial charge in [-0.25, -0.2) is 17.6 Å². The maximum absolute atomic E-state index is 13.0. The fourth-order valence-electron chi connectivity index (χ4n) is 1.95. The summed E-state index contributed by atoms with van der Waals surface area (Å²) in [5.74, 6) is -4.88. The second-order valence-electron chi connectivity index (χ2n) is 4.66. The number of benzene rings is 2. The second kappa shape index (κ2) is 6.51. The Bertz CT molecular complexity index is 637. The Morgan fingerprint density at radius 2 is 0.864 bits per heavy atom. The zero-order valence-electron chi connectivity index (χ0n) is 11.2. The smallest absolute Gasteiger partial charge is 0.163 e. The average Bonchev–Trinajstić information content (AvgIpc) is 2.42. The van der Waals surface area contributed by atoms with Crippen LogP contribution in [0.5, 0.6) is 0 Å². The highest BCUT2D eigenvalue weighted by Crippen LogP contribution is 2.14. The summed E-state index contributed by atoms with van der Waals surface area (Å²) >= 11 is 0. The zero-order chi connectivity index (χ0) is 16.3. The van der Waals surface area contributed by atoms with Crippen molar-refractivity contribution < 1.29 is 27.2 Å². The molecule has 0 bridgehead atoms. The minimum Gasteiger partial charge on any atom is -0.294 e. The van der Waals surface area contributed by atoms with Gasteiger partial charge >= 0.3 is 0 Å². The summed E-state index contributed by atoms with van der Waals surface area (Å²) in [7, 11) is 0. The molecule has 0 spiro atoms. The number of halogens is 4. The quantitative estimate of drug-likeness (QED) is 0.616. The van der Waals surface area contributed by atoms with Crippen molar-refractivity contribution in [2.75, 3.05) is 0 Å². The number of hydrogen-bond acceptors (Lipinski definition) is 2. The monoisotopic (exact) mass is 310 g/mol. The topological polar surface area (TPSA) is 34.1 Å². The summed E-state index contributed by atoms with van der Waals surface area (Å²) < 4.78 is 52.0. The Morgan fingerprint density at radius 3 is 1.14 bits per heavy atom. The van der Waals surface area contributed by atoms with Gasteiger partial charge in [0.1, 0.15) is 23.3 Å². The third-order valence-electron chi connectivity index (χ3n) is 2.95. The van der Waals surface area contributed by atoms with E-state index in [1.165, 1.54) is 0 Å². The lowest BCUT2D eigenvalue weighted by molar-refractivity contribution is 0.0916. The lowest BCUT2D eigenvalue weighted by Gasteiger charge is -2.03. The van der Waals surface area contributed by atoms with Crippen LogP contribution in [0.3, 0.4) is 0 Å². The van der Waals surface area contributed by atoms with Gasteiger partial charge in [0.15, 0.2) is 11.6 Å². The molecule has 0 heterocycles. The number of hydrogen-bond donors (Lipinski definition) is 0. The molecule has 0 aliphatic rings. The number of Topliss-reactive ketones (excluding diaryl/α,β-unsaturated/α-hetero) is 2. The van der Waals surface area contributed by atoms with E-state index in [9.17, 15) is 27.2 Å². The number of ketones is 2. The number of rotatable bonds is 5. The van der Waals surface area contributed by atoms with E-state index >= 15 is 0 Å². The molecule has 2 rings (SSSR count). The molecular formula is C16H10F4O2. The predicted molar refractivity (Wildman–Crippen MR) is 70.6 cm³/mol. The predicted octanol–water partition coefficient (Wildman–Crippen LogP) is 4.09. The Morgan fingerprint density at radius 1 is 0.591 bits per heavy atom. The number of carbonyl (C=O) groups excluding carboxylic acids is 2. The van der Waals surface area contributed by atoms with Crippen LogP contribution in [-0.4, -0.2) is 11.6 Å². The first kappa shape index (κ1) is 15.9. The van der Waals surface area contributed by atoms with Gasteiger partial charge in [0.25, 0.3) is 0 Å². The van der Waals surface area contributed by atoms with Crippen LogP contribution in [0.2, 0.25) is 0 Å². The van der Waals surface area contributed by atoms with Gasteiger partial charge < -0.3 is 0 Å². The Labute approximate surface area is 123 Å². The van der Waals surface area contributed by atoms with Crippen molar-refractivity contribution in [1.29, 1.82) is 0 Å². The van der Waals surface area contributed by atoms with Crippen LogP contribution >= 0.6 is 0 Å². The van der Waals surface area contributed by atoms with Crippen molar-refractivity contribution in [3.05, 3.63) is 70.8 Å². The van der Waals surface area contributed by atoms with Crippen molar-refractivity contribution in [3.63, 3.8) is 0 Å². The summed E-state index contributed by atoms with van der Waals surface area (Å²) in [5, 5.41) is 0. The van der Waals surface area contributed by atoms with Gasteiger partial charge in [-0.2, -0.15) is 0 Å². The van der Waals surface area contributed by atoms with Gasteiger partial charge in [-0.15, -0.1) is 0 Å². The van der Waals surface area contributed by atoms with E-state index in [0.717, 1.165) is 24.3 Å². The van der Waals surface area contributed by atoms with Gasteiger partial charge in [0, 0.05) is 36.1 Å². The third kappa shape index (κ3) is 4.00. The van der Waals surface area contributed by atoms with Gasteiger partial charge in [0.05, 0.1) is 0 Å². The zero-order valence-corrected chi connectivity index (χ0v) is 11.2. The molecule has 0 N–H and O–H groups in total. The van der Waals surface area contributed by atoms with Gasteiger partial charge in [0.2, 0.25) is 0 Å². The molecule has 0 aliphatic heterocycles. The molecule has 0 fully saturated rings. The first-order valence-electron chi connectivity index (χ1n) is 6.34. The number of carbonyl (C=O) groups is 2. The van der Waals surface area contributed by atoms with E-state index in [2.05, 4.69) is 0 Å². The van der Waals surface area contributed by atoms with Gasteiger partial charge in [-0.1, -0.05) is 0 Å². The minimum atomic E-state index is -0.901. The normalized spacial score (nSPS) is 10.5. The third-order valence-corrected chi connectivity index (χ3v) is 2.95. The van der Waals surface area contributed by atoms with E-state index in [4.69, 9.17) is 0 Å². The molecule has 6 heteroatoms. The highest BCUT2D eigenvalue weighted by atomic mass is 19.1. The molecule has 2 nitrogen and oxygen atoms in total. The Hall–Kier alpha value is -2.50. The summed E-state index contributed by atoms with van der Waals surface area (Å²) in [6.45, 7) is 0. The second-order valence-corrected chi connectivity index (χ2v) is 4.66. The fourth-order valence-corrected chi connectivity index (χ4v) is 1.95. The molecule has 0 radical (unpaired) electrons. The van der Waals surface area contributed by atoms with Crippen molar-refractivity contribution in [2.24, 2.45) is 0 Å². The van der Waals surface area contributed by atoms with E-state index in [1.54, 1.807) is 0 Å². The van der Waals surface area contributed by atoms with Crippen LogP contribution in [0.1, 0.15) is 33.6 Å². The average molecular weight is 310 g/mol. The van der Waals surface area contributed by atoms with Crippen molar-refractivity contribution in [3.8, 4) is 0 Å². The van der Waals surface area contributed by atoms with Crippen LogP contribution in [0.15, 0.2) is 36.4 Å². The molecule has 0 unspecified atom stereocenters. The molecule has 114 valence electrons. The molecule has 2 aromatic rings. The fraction of sp³-hybridized carbons (Fsp3) is 0.125. The molecule has 0 atom stereocenters. The summed E-state index contributed by atoms with van der Waals surface area (Å²) in [5.41, 5.74) is -0.397. The molecule has 0 aromatic heterocycles. The van der Waals surface area contributed by atoms with Crippen LogP contribution in [0.4, 0.5) is 17.6 Å². The molecule has 22 heavy (non-hydrogen) atoms. The summed E-state index contributed by atoms with van der Waals surface area (Å²) in [6, 6.07) is 4.68. The van der Waals surface area contributed by atoms with Crippen molar-refractivity contribution in [1.82, 2.24) is 0 Å². The molecule has 0 aliphatic carbocycles. The molecule has 0 saturated carbocycles. The maximum atomic E-state index is 13.0. The first-order chi connectivity index (χ1) is 10.3. The minimum absolute atomic E-state index is 0.198.